The van der Waals surface area contributed by atoms with E-state index in [0.717, 1.165) is 32.1 Å². The van der Waals surface area contributed by atoms with E-state index in [9.17, 15) is 8.42 Å². The Labute approximate surface area is 122 Å². The first-order valence-corrected chi connectivity index (χ1v) is 8.50. The highest BCUT2D eigenvalue weighted by atomic mass is 35.5. The van der Waals surface area contributed by atoms with E-state index < -0.39 is 10.2 Å². The van der Waals surface area contributed by atoms with Crippen molar-refractivity contribution in [2.24, 2.45) is 11.7 Å². The van der Waals surface area contributed by atoms with Gasteiger partial charge >= 0.3 is 0 Å². The Morgan fingerprint density at radius 3 is 2.63 bits per heavy atom. The summed E-state index contributed by atoms with van der Waals surface area (Å²) in [5, 5.41) is 0. The molecule has 3 atom stereocenters. The lowest BCUT2D eigenvalue weighted by Gasteiger charge is -2.28. The smallest absolute Gasteiger partial charge is 0.280 e. The number of nitrogens with two attached hydrogens (primary N) is 1. The van der Waals surface area contributed by atoms with Crippen LogP contribution in [-0.4, -0.2) is 37.9 Å². The molecule has 3 N–H and O–H groups in total. The molecule has 114 valence electrons. The second-order valence-electron chi connectivity index (χ2n) is 5.60. The minimum atomic E-state index is -3.33. The number of piperidine rings is 1. The van der Waals surface area contributed by atoms with Crippen LogP contribution in [0, 0.1) is 5.92 Å². The maximum atomic E-state index is 12.3. The Hall–Kier alpha value is 0.120. The number of nitrogens with one attached hydrogen (secondary N) is 1. The number of rotatable bonds is 7. The molecule has 1 heterocycles. The number of hydrogen-bond acceptors (Lipinski definition) is 3. The molecule has 0 aromatic carbocycles. The van der Waals surface area contributed by atoms with Crippen molar-refractivity contribution in [2.75, 3.05) is 13.1 Å². The lowest BCUT2D eigenvalue weighted by molar-refractivity contribution is 0.324. The molecule has 0 aromatic heterocycles. The molecule has 1 aliphatic carbocycles. The molecule has 7 heteroatoms. The second-order valence-corrected chi connectivity index (χ2v) is 7.26. The zero-order valence-electron chi connectivity index (χ0n) is 11.5. The number of hydrogen-bond donors (Lipinski definition) is 2. The van der Waals surface area contributed by atoms with Crippen molar-refractivity contribution in [3.8, 4) is 0 Å². The molecular formula is C12H26ClN3O2S. The van der Waals surface area contributed by atoms with Crippen LogP contribution in [0.15, 0.2) is 0 Å². The summed E-state index contributed by atoms with van der Waals surface area (Å²) in [6, 6.07) is 0.117. The Bertz CT molecular complexity index is 377. The van der Waals surface area contributed by atoms with Crippen LogP contribution in [0.3, 0.4) is 0 Å². The maximum absolute atomic E-state index is 12.3. The van der Waals surface area contributed by atoms with Gasteiger partial charge in [-0.15, -0.1) is 12.4 Å². The van der Waals surface area contributed by atoms with Crippen LogP contribution < -0.4 is 10.5 Å². The normalized spacial score (nSPS) is 28.3. The van der Waals surface area contributed by atoms with E-state index >= 15 is 0 Å². The summed E-state index contributed by atoms with van der Waals surface area (Å²) in [7, 11) is -3.33. The third-order valence-corrected chi connectivity index (χ3v) is 5.87. The van der Waals surface area contributed by atoms with Gasteiger partial charge in [0, 0.05) is 25.2 Å². The largest absolute Gasteiger partial charge is 0.329 e. The Morgan fingerprint density at radius 2 is 2.16 bits per heavy atom. The first kappa shape index (κ1) is 17.2. The minimum Gasteiger partial charge on any atom is -0.329 e. The van der Waals surface area contributed by atoms with Crippen LogP contribution >= 0.6 is 12.4 Å². The van der Waals surface area contributed by atoms with E-state index in [1.165, 1.54) is 6.42 Å². The van der Waals surface area contributed by atoms with Crippen molar-refractivity contribution >= 4 is 22.6 Å². The highest BCUT2D eigenvalue weighted by Crippen LogP contribution is 2.38. The zero-order chi connectivity index (χ0) is 13.2. The monoisotopic (exact) mass is 311 g/mol. The molecular weight excluding hydrogens is 286 g/mol. The highest BCUT2D eigenvalue weighted by Gasteiger charge is 2.44. The third kappa shape index (κ3) is 4.04. The van der Waals surface area contributed by atoms with Gasteiger partial charge in [-0.05, 0) is 31.6 Å². The predicted molar refractivity (Wildman–Crippen MR) is 79.5 cm³/mol. The molecule has 0 radical (unpaired) electrons. The fraction of sp³-hybridized carbons (Fsp3) is 1.00. The molecule has 1 saturated carbocycles. The van der Waals surface area contributed by atoms with Crippen molar-refractivity contribution in [3.05, 3.63) is 0 Å². The van der Waals surface area contributed by atoms with Crippen molar-refractivity contribution < 1.29 is 8.42 Å². The SMILES string of the molecule is CCCCC(CN)NS(=O)(=O)N1CC2CCC1C2.Cl. The van der Waals surface area contributed by atoms with Crippen molar-refractivity contribution in [2.45, 2.75) is 57.5 Å². The predicted octanol–water partition coefficient (Wildman–Crippen LogP) is 1.24. The van der Waals surface area contributed by atoms with Gasteiger partial charge in [-0.25, -0.2) is 0 Å². The van der Waals surface area contributed by atoms with Gasteiger partial charge in [0.05, 0.1) is 0 Å². The fourth-order valence-electron chi connectivity index (χ4n) is 3.13. The summed E-state index contributed by atoms with van der Waals surface area (Å²) in [5.41, 5.74) is 5.65. The van der Waals surface area contributed by atoms with Gasteiger partial charge in [0.25, 0.3) is 10.2 Å². The number of nitrogens with zero attached hydrogens (tertiary/aromatic N) is 1. The van der Waals surface area contributed by atoms with Gasteiger partial charge in [0.2, 0.25) is 0 Å². The molecule has 0 spiro atoms. The van der Waals surface area contributed by atoms with Crippen LogP contribution in [0.5, 0.6) is 0 Å². The van der Waals surface area contributed by atoms with Gasteiger partial charge < -0.3 is 5.73 Å². The van der Waals surface area contributed by atoms with Crippen LogP contribution in [-0.2, 0) is 10.2 Å². The number of unbranched alkanes of at least 4 members (excludes halogenated alkanes) is 1. The summed E-state index contributed by atoms with van der Waals surface area (Å²) < 4.78 is 29.1. The average molecular weight is 312 g/mol. The molecule has 3 unspecified atom stereocenters. The van der Waals surface area contributed by atoms with E-state index in [-0.39, 0.29) is 24.5 Å². The lowest BCUT2D eigenvalue weighted by atomic mass is 10.1. The van der Waals surface area contributed by atoms with Gasteiger partial charge in [-0.2, -0.15) is 17.4 Å². The van der Waals surface area contributed by atoms with E-state index in [1.807, 2.05) is 0 Å². The molecule has 5 nitrogen and oxygen atoms in total. The van der Waals surface area contributed by atoms with Crippen LogP contribution in [0.2, 0.25) is 0 Å². The molecule has 1 aliphatic heterocycles. The quantitative estimate of drug-likeness (QED) is 0.743. The second kappa shape index (κ2) is 7.22. The topological polar surface area (TPSA) is 75.4 Å². The summed E-state index contributed by atoms with van der Waals surface area (Å²) in [4.78, 5) is 0. The van der Waals surface area contributed by atoms with Crippen LogP contribution in [0.1, 0.15) is 45.4 Å². The highest BCUT2D eigenvalue weighted by molar-refractivity contribution is 7.87. The van der Waals surface area contributed by atoms with Gasteiger partial charge in [0.1, 0.15) is 0 Å². The first-order valence-electron chi connectivity index (χ1n) is 7.06. The van der Waals surface area contributed by atoms with Gasteiger partial charge in [0.15, 0.2) is 0 Å². The van der Waals surface area contributed by atoms with E-state index in [1.54, 1.807) is 4.31 Å². The number of halogens is 1. The van der Waals surface area contributed by atoms with E-state index in [2.05, 4.69) is 11.6 Å². The summed E-state index contributed by atoms with van der Waals surface area (Å²) in [6.45, 7) is 3.17. The Morgan fingerprint density at radius 1 is 1.42 bits per heavy atom. The van der Waals surface area contributed by atoms with Crippen molar-refractivity contribution in [3.63, 3.8) is 0 Å². The Balaban J connectivity index is 0.00000180. The zero-order valence-corrected chi connectivity index (χ0v) is 13.2. The lowest BCUT2D eigenvalue weighted by Crippen LogP contribution is -2.50. The summed E-state index contributed by atoms with van der Waals surface area (Å²) in [5.74, 6) is 0.582. The van der Waals surface area contributed by atoms with Crippen molar-refractivity contribution in [1.82, 2.24) is 9.03 Å². The summed E-state index contributed by atoms with van der Waals surface area (Å²) >= 11 is 0. The van der Waals surface area contributed by atoms with E-state index in [4.69, 9.17) is 5.73 Å². The number of fused-ring (bicyclic) bond motifs is 2. The molecule has 2 aliphatic rings. The van der Waals surface area contributed by atoms with Crippen molar-refractivity contribution in [1.29, 1.82) is 0 Å². The molecule has 2 fully saturated rings. The molecule has 19 heavy (non-hydrogen) atoms. The van der Waals surface area contributed by atoms with Gasteiger partial charge in [-0.1, -0.05) is 19.8 Å². The van der Waals surface area contributed by atoms with Crippen LogP contribution in [0.4, 0.5) is 0 Å². The molecule has 0 amide bonds. The average Bonchev–Trinajstić information content (AvgIpc) is 2.96. The first-order chi connectivity index (χ1) is 8.56. The maximum Gasteiger partial charge on any atom is 0.280 e. The van der Waals surface area contributed by atoms with E-state index in [0.29, 0.717) is 19.0 Å². The van der Waals surface area contributed by atoms with Gasteiger partial charge in [-0.3, -0.25) is 0 Å². The minimum absolute atomic E-state index is 0. The molecule has 1 saturated heterocycles. The molecule has 2 rings (SSSR count). The molecule has 2 bridgehead atoms. The van der Waals surface area contributed by atoms with Crippen LogP contribution in [0.25, 0.3) is 0 Å². The molecule has 0 aromatic rings. The summed E-state index contributed by atoms with van der Waals surface area (Å²) in [6.07, 6.45) is 6.15. The fourth-order valence-corrected chi connectivity index (χ4v) is 4.89. The Kier molecular flexibility index (Phi) is 6.53. The standard InChI is InChI=1S/C12H25N3O2S.ClH/c1-2-3-4-11(8-13)14-18(16,17)15-9-10-5-6-12(15)7-10;/h10-12,14H,2-9,13H2,1H3;1H. The third-order valence-electron chi connectivity index (χ3n) is 4.17.